The van der Waals surface area contributed by atoms with Gasteiger partial charge in [0.05, 0.1) is 19.6 Å². The lowest BCUT2D eigenvalue weighted by Gasteiger charge is -2.31. The first kappa shape index (κ1) is 20.5. The Balaban J connectivity index is 1.91. The minimum absolute atomic E-state index is 0.0252. The summed E-state index contributed by atoms with van der Waals surface area (Å²) in [4.78, 5) is 37.6. The van der Waals surface area contributed by atoms with Gasteiger partial charge in [0.25, 0.3) is 0 Å². The van der Waals surface area contributed by atoms with E-state index < -0.39 is 23.9 Å². The molecule has 0 radical (unpaired) electrons. The van der Waals surface area contributed by atoms with Gasteiger partial charge in [0.15, 0.2) is 0 Å². The van der Waals surface area contributed by atoms with Gasteiger partial charge < -0.3 is 14.8 Å². The highest BCUT2D eigenvalue weighted by Gasteiger charge is 2.42. The third-order valence-electron chi connectivity index (χ3n) is 4.79. The lowest BCUT2D eigenvalue weighted by atomic mass is 9.86. The molecule has 0 unspecified atom stereocenters. The van der Waals surface area contributed by atoms with Crippen LogP contribution in [-0.2, 0) is 19.1 Å². The first-order valence-corrected chi connectivity index (χ1v) is 9.12. The molecule has 1 saturated heterocycles. The number of nitrogens with one attached hydrogen (secondary N) is 1. The Morgan fingerprint density at radius 1 is 1.12 bits per heavy atom. The molecule has 2 amide bonds. The molecular weight excluding hydrogens is 343 g/mol. The molecule has 1 N–H and O–H groups in total. The van der Waals surface area contributed by atoms with Crippen molar-refractivity contribution in [3.05, 3.63) is 0 Å². The van der Waals surface area contributed by atoms with Crippen molar-refractivity contribution in [1.82, 2.24) is 10.2 Å². The summed E-state index contributed by atoms with van der Waals surface area (Å²) in [6.45, 7) is 5.04. The number of esters is 1. The molecule has 2 aliphatic rings. The average molecular weight is 372 g/mol. The van der Waals surface area contributed by atoms with Crippen LogP contribution in [0.15, 0.2) is 0 Å². The molecule has 2 rings (SSSR count). The van der Waals surface area contributed by atoms with Crippen molar-refractivity contribution in [2.75, 3.05) is 13.7 Å². The van der Waals surface area contributed by atoms with Crippen LogP contribution in [0.3, 0.4) is 0 Å². The standard InChI is InChI=1S/C18H29FN2O5/c1-18(2,3)26-17(24)21-10-12(19)9-14(21)15(22)20-13-7-5-11(6-8-13)16(23)25-4/h11-14H,5-10H2,1-4H3,(H,20,22)/t11?,12-,13?,14-/m0/s1. The zero-order valence-corrected chi connectivity index (χ0v) is 15.9. The minimum atomic E-state index is -1.24. The van der Waals surface area contributed by atoms with Crippen molar-refractivity contribution in [3.63, 3.8) is 0 Å². The van der Waals surface area contributed by atoms with Crippen molar-refractivity contribution >= 4 is 18.0 Å². The van der Waals surface area contributed by atoms with Gasteiger partial charge in [-0.05, 0) is 46.5 Å². The zero-order valence-electron chi connectivity index (χ0n) is 15.9. The number of nitrogens with zero attached hydrogens (tertiary/aromatic N) is 1. The van der Waals surface area contributed by atoms with Crippen LogP contribution in [-0.4, -0.2) is 60.4 Å². The van der Waals surface area contributed by atoms with Gasteiger partial charge in [-0.1, -0.05) is 0 Å². The fraction of sp³-hybridized carbons (Fsp3) is 0.833. The van der Waals surface area contributed by atoms with E-state index in [1.807, 2.05) is 0 Å². The Bertz CT molecular complexity index is 540. The summed E-state index contributed by atoms with van der Waals surface area (Å²) in [5.74, 6) is -0.715. The summed E-state index contributed by atoms with van der Waals surface area (Å²) < 4.78 is 23.9. The van der Waals surface area contributed by atoms with Gasteiger partial charge in [-0.3, -0.25) is 14.5 Å². The maximum absolute atomic E-state index is 13.9. The number of carbonyl (C=O) groups is 3. The topological polar surface area (TPSA) is 84.9 Å². The van der Waals surface area contributed by atoms with E-state index in [2.05, 4.69) is 5.32 Å². The van der Waals surface area contributed by atoms with E-state index in [1.54, 1.807) is 20.8 Å². The van der Waals surface area contributed by atoms with Crippen molar-refractivity contribution in [1.29, 1.82) is 0 Å². The molecule has 2 atom stereocenters. The summed E-state index contributed by atoms with van der Waals surface area (Å²) in [6.07, 6.45) is 0.657. The third kappa shape index (κ3) is 5.32. The number of ether oxygens (including phenoxy) is 2. The number of amides is 2. The highest BCUT2D eigenvalue weighted by atomic mass is 19.1. The molecular formula is C18H29FN2O5. The Labute approximate surface area is 153 Å². The lowest BCUT2D eigenvalue weighted by molar-refractivity contribution is -0.146. The Kier molecular flexibility index (Phi) is 6.47. The highest BCUT2D eigenvalue weighted by molar-refractivity contribution is 5.86. The molecule has 1 aliphatic carbocycles. The van der Waals surface area contributed by atoms with Gasteiger partial charge in [0.1, 0.15) is 17.8 Å². The number of methoxy groups -OCH3 is 1. The van der Waals surface area contributed by atoms with Crippen molar-refractivity contribution < 1.29 is 28.2 Å². The van der Waals surface area contributed by atoms with Gasteiger partial charge in [-0.2, -0.15) is 0 Å². The molecule has 0 aromatic heterocycles. The monoisotopic (exact) mass is 372 g/mol. The largest absolute Gasteiger partial charge is 0.469 e. The fourth-order valence-corrected chi connectivity index (χ4v) is 3.49. The van der Waals surface area contributed by atoms with Gasteiger partial charge in [0.2, 0.25) is 5.91 Å². The Morgan fingerprint density at radius 2 is 1.73 bits per heavy atom. The summed E-state index contributed by atoms with van der Waals surface area (Å²) in [7, 11) is 1.37. The molecule has 0 aromatic carbocycles. The van der Waals surface area contributed by atoms with Crippen LogP contribution in [0.5, 0.6) is 0 Å². The predicted octanol–water partition coefficient (Wildman–Crippen LogP) is 2.18. The van der Waals surface area contributed by atoms with Crippen molar-refractivity contribution in [2.45, 2.75) is 76.7 Å². The molecule has 1 aliphatic heterocycles. The second-order valence-electron chi connectivity index (χ2n) is 8.06. The third-order valence-corrected chi connectivity index (χ3v) is 4.79. The highest BCUT2D eigenvalue weighted by Crippen LogP contribution is 2.27. The maximum Gasteiger partial charge on any atom is 0.411 e. The molecule has 1 heterocycles. The van der Waals surface area contributed by atoms with Gasteiger partial charge in [-0.25, -0.2) is 9.18 Å². The lowest BCUT2D eigenvalue weighted by Crippen LogP contribution is -2.50. The summed E-state index contributed by atoms with van der Waals surface area (Å²) in [5.41, 5.74) is -0.710. The maximum atomic E-state index is 13.9. The number of halogens is 1. The molecule has 8 heteroatoms. The first-order valence-electron chi connectivity index (χ1n) is 9.12. The van der Waals surface area contributed by atoms with E-state index in [1.165, 1.54) is 12.0 Å². The van der Waals surface area contributed by atoms with Crippen LogP contribution < -0.4 is 5.32 Å². The zero-order chi connectivity index (χ0) is 19.5. The molecule has 0 spiro atoms. The quantitative estimate of drug-likeness (QED) is 0.768. The summed E-state index contributed by atoms with van der Waals surface area (Å²) in [6, 6.07) is -0.944. The van der Waals surface area contributed by atoms with Crippen LogP contribution in [0.4, 0.5) is 9.18 Å². The molecule has 26 heavy (non-hydrogen) atoms. The normalized spacial score (nSPS) is 29.2. The van der Waals surface area contributed by atoms with E-state index in [4.69, 9.17) is 9.47 Å². The fourth-order valence-electron chi connectivity index (χ4n) is 3.49. The van der Waals surface area contributed by atoms with Crippen LogP contribution >= 0.6 is 0 Å². The second kappa shape index (κ2) is 8.22. The minimum Gasteiger partial charge on any atom is -0.469 e. The smallest absolute Gasteiger partial charge is 0.411 e. The van der Waals surface area contributed by atoms with E-state index in [0.717, 1.165) is 0 Å². The second-order valence-corrected chi connectivity index (χ2v) is 8.06. The van der Waals surface area contributed by atoms with Gasteiger partial charge in [0, 0.05) is 12.5 Å². The molecule has 0 aromatic rings. The number of carbonyl (C=O) groups excluding carboxylic acids is 3. The SMILES string of the molecule is COC(=O)C1CCC(NC(=O)[C@@H]2C[C@H](F)CN2C(=O)OC(C)(C)C)CC1. The van der Waals surface area contributed by atoms with E-state index >= 15 is 0 Å². The number of likely N-dealkylation sites (tertiary alicyclic amines) is 1. The van der Waals surface area contributed by atoms with Crippen molar-refractivity contribution in [3.8, 4) is 0 Å². The van der Waals surface area contributed by atoms with Crippen LogP contribution in [0.25, 0.3) is 0 Å². The number of alkyl halides is 1. The average Bonchev–Trinajstić information content (AvgIpc) is 2.95. The van der Waals surface area contributed by atoms with Gasteiger partial charge in [-0.15, -0.1) is 0 Å². The Morgan fingerprint density at radius 3 is 2.27 bits per heavy atom. The van der Waals surface area contributed by atoms with E-state index in [9.17, 15) is 18.8 Å². The number of rotatable bonds is 3. The van der Waals surface area contributed by atoms with Crippen LogP contribution in [0, 0.1) is 5.92 Å². The van der Waals surface area contributed by atoms with Crippen LogP contribution in [0.1, 0.15) is 52.9 Å². The summed E-state index contributed by atoms with van der Waals surface area (Å²) in [5, 5.41) is 2.90. The van der Waals surface area contributed by atoms with Crippen LogP contribution in [0.2, 0.25) is 0 Å². The summed E-state index contributed by atoms with van der Waals surface area (Å²) >= 11 is 0. The molecule has 0 bridgehead atoms. The number of hydrogen-bond acceptors (Lipinski definition) is 5. The molecule has 148 valence electrons. The predicted molar refractivity (Wildman–Crippen MR) is 92.1 cm³/mol. The molecule has 1 saturated carbocycles. The van der Waals surface area contributed by atoms with E-state index in [-0.39, 0.29) is 36.8 Å². The van der Waals surface area contributed by atoms with Gasteiger partial charge >= 0.3 is 12.1 Å². The van der Waals surface area contributed by atoms with Crippen molar-refractivity contribution in [2.24, 2.45) is 5.92 Å². The Hall–Kier alpha value is -1.86. The molecule has 7 nitrogen and oxygen atoms in total. The first-order chi connectivity index (χ1) is 12.1. The number of hydrogen-bond donors (Lipinski definition) is 1. The van der Waals surface area contributed by atoms with E-state index in [0.29, 0.717) is 25.7 Å². The molecule has 2 fully saturated rings.